The van der Waals surface area contributed by atoms with Crippen molar-refractivity contribution >= 4 is 40.7 Å². The molecule has 0 aliphatic heterocycles. The second-order valence-electron chi connectivity index (χ2n) is 6.82. The van der Waals surface area contributed by atoms with E-state index in [1.165, 1.54) is 0 Å². The zero-order valence-electron chi connectivity index (χ0n) is 14.7. The number of hydrogen-bond acceptors (Lipinski definition) is 5. The van der Waals surface area contributed by atoms with E-state index in [9.17, 15) is 0 Å². The van der Waals surface area contributed by atoms with E-state index < -0.39 is 0 Å². The first-order valence-electron chi connectivity index (χ1n) is 8.10. The van der Waals surface area contributed by atoms with Gasteiger partial charge in [-0.15, -0.1) is 0 Å². The predicted molar refractivity (Wildman–Crippen MR) is 108 cm³/mol. The van der Waals surface area contributed by atoms with Gasteiger partial charge in [-0.25, -0.2) is 4.98 Å². The molecule has 26 heavy (non-hydrogen) atoms. The minimum Gasteiger partial charge on any atom is -0.350 e. The van der Waals surface area contributed by atoms with Gasteiger partial charge in [0.05, 0.1) is 16.4 Å². The highest BCUT2D eigenvalue weighted by molar-refractivity contribution is 6.35. The van der Waals surface area contributed by atoms with Crippen molar-refractivity contribution in [3.05, 3.63) is 58.8 Å². The monoisotopic (exact) mass is 387 g/mol. The van der Waals surface area contributed by atoms with E-state index in [2.05, 4.69) is 46.4 Å². The number of pyridine rings is 1. The number of aromatic nitrogens is 3. The zero-order chi connectivity index (χ0) is 18.7. The molecule has 0 aliphatic carbocycles. The maximum Gasteiger partial charge on any atom is 0.225 e. The molecule has 7 heteroatoms. The summed E-state index contributed by atoms with van der Waals surface area (Å²) in [5.74, 6) is 1.13. The van der Waals surface area contributed by atoms with Gasteiger partial charge in [0.15, 0.2) is 0 Å². The van der Waals surface area contributed by atoms with Crippen molar-refractivity contribution < 1.29 is 0 Å². The summed E-state index contributed by atoms with van der Waals surface area (Å²) in [7, 11) is 0. The number of nitrogens with one attached hydrogen (secondary N) is 2. The molecule has 1 aromatic carbocycles. The summed E-state index contributed by atoms with van der Waals surface area (Å²) in [4.78, 5) is 13.2. The Morgan fingerprint density at radius 3 is 2.35 bits per heavy atom. The largest absolute Gasteiger partial charge is 0.350 e. The molecule has 3 rings (SSSR count). The van der Waals surface area contributed by atoms with Gasteiger partial charge >= 0.3 is 0 Å². The third-order valence-electron chi connectivity index (χ3n) is 3.38. The molecule has 0 saturated carbocycles. The minimum absolute atomic E-state index is 0.179. The lowest BCUT2D eigenvalue weighted by Gasteiger charge is -2.21. The Balaban J connectivity index is 2.03. The Kier molecular flexibility index (Phi) is 5.30. The molecule has 0 unspecified atom stereocenters. The standard InChI is InChI=1S/C19H19Cl2N5/c1-19(2,3)26-18-24-15(12-6-8-22-9-7-12)11-17(25-18)23-16-10-13(20)4-5-14(16)21/h4-11H,1-3H3,(H2,23,24,25,26). The quantitative estimate of drug-likeness (QED) is 0.592. The molecule has 2 N–H and O–H groups in total. The number of rotatable bonds is 4. The Morgan fingerprint density at radius 2 is 1.65 bits per heavy atom. The van der Waals surface area contributed by atoms with Crippen LogP contribution in [0.3, 0.4) is 0 Å². The van der Waals surface area contributed by atoms with Crippen LogP contribution in [-0.2, 0) is 0 Å². The number of halogens is 2. The van der Waals surface area contributed by atoms with E-state index in [0.29, 0.717) is 27.5 Å². The maximum atomic E-state index is 6.26. The molecule has 3 aromatic rings. The average molecular weight is 388 g/mol. The van der Waals surface area contributed by atoms with Crippen molar-refractivity contribution in [1.82, 2.24) is 15.0 Å². The maximum absolute atomic E-state index is 6.26. The molecule has 0 amide bonds. The van der Waals surface area contributed by atoms with Gasteiger partial charge in [-0.3, -0.25) is 4.98 Å². The Bertz CT molecular complexity index is 908. The lowest BCUT2D eigenvalue weighted by Crippen LogP contribution is -2.27. The summed E-state index contributed by atoms with van der Waals surface area (Å²) in [6, 6.07) is 10.9. The fourth-order valence-corrected chi connectivity index (χ4v) is 2.64. The highest BCUT2D eigenvalue weighted by Crippen LogP contribution is 2.30. The summed E-state index contributed by atoms with van der Waals surface area (Å²) in [5, 5.41) is 7.68. The van der Waals surface area contributed by atoms with E-state index in [-0.39, 0.29) is 5.54 Å². The summed E-state index contributed by atoms with van der Waals surface area (Å²) in [6.45, 7) is 6.16. The third kappa shape index (κ3) is 4.84. The predicted octanol–water partition coefficient (Wildman–Crippen LogP) is 5.80. The minimum atomic E-state index is -0.179. The van der Waals surface area contributed by atoms with Crippen molar-refractivity contribution in [3.63, 3.8) is 0 Å². The SMILES string of the molecule is CC(C)(C)Nc1nc(Nc2cc(Cl)ccc2Cl)cc(-c2ccncc2)n1. The normalized spacial score (nSPS) is 11.3. The number of hydrogen-bond donors (Lipinski definition) is 2. The van der Waals surface area contributed by atoms with Crippen molar-refractivity contribution in [1.29, 1.82) is 0 Å². The second-order valence-corrected chi connectivity index (χ2v) is 7.67. The molecule has 0 atom stereocenters. The van der Waals surface area contributed by atoms with Gasteiger partial charge in [-0.05, 0) is 51.1 Å². The van der Waals surface area contributed by atoms with Crippen LogP contribution in [-0.4, -0.2) is 20.5 Å². The first-order chi connectivity index (χ1) is 12.3. The highest BCUT2D eigenvalue weighted by atomic mass is 35.5. The van der Waals surface area contributed by atoms with Gasteiger partial charge in [-0.2, -0.15) is 4.98 Å². The Hall–Kier alpha value is -2.37. The fraction of sp³-hybridized carbons (Fsp3) is 0.211. The number of benzene rings is 1. The Labute approximate surface area is 162 Å². The van der Waals surface area contributed by atoms with E-state index in [1.807, 2.05) is 18.2 Å². The van der Waals surface area contributed by atoms with Gasteiger partial charge < -0.3 is 10.6 Å². The summed E-state index contributed by atoms with van der Waals surface area (Å²) >= 11 is 12.3. The van der Waals surface area contributed by atoms with Crippen LogP contribution in [0.15, 0.2) is 48.8 Å². The molecular weight excluding hydrogens is 369 g/mol. The van der Waals surface area contributed by atoms with Crippen LogP contribution < -0.4 is 10.6 Å². The van der Waals surface area contributed by atoms with Crippen LogP contribution >= 0.6 is 23.2 Å². The molecule has 2 heterocycles. The van der Waals surface area contributed by atoms with Crippen molar-refractivity contribution in [2.75, 3.05) is 10.6 Å². The van der Waals surface area contributed by atoms with Gasteiger partial charge in [-0.1, -0.05) is 23.2 Å². The molecule has 0 saturated heterocycles. The summed E-state index contributed by atoms with van der Waals surface area (Å²) in [6.07, 6.45) is 3.46. The van der Waals surface area contributed by atoms with Crippen molar-refractivity contribution in [3.8, 4) is 11.3 Å². The van der Waals surface area contributed by atoms with Crippen LogP contribution in [0.4, 0.5) is 17.5 Å². The first-order valence-corrected chi connectivity index (χ1v) is 8.85. The van der Waals surface area contributed by atoms with E-state index >= 15 is 0 Å². The van der Waals surface area contributed by atoms with E-state index in [4.69, 9.17) is 23.2 Å². The van der Waals surface area contributed by atoms with Crippen LogP contribution in [0.2, 0.25) is 10.0 Å². The van der Waals surface area contributed by atoms with E-state index in [0.717, 1.165) is 11.3 Å². The molecule has 0 bridgehead atoms. The molecule has 0 fully saturated rings. The van der Waals surface area contributed by atoms with E-state index in [1.54, 1.807) is 30.6 Å². The molecule has 0 radical (unpaired) electrons. The molecule has 134 valence electrons. The molecule has 2 aromatic heterocycles. The Morgan fingerprint density at radius 1 is 0.923 bits per heavy atom. The third-order valence-corrected chi connectivity index (χ3v) is 3.94. The molecule has 0 spiro atoms. The topological polar surface area (TPSA) is 62.7 Å². The van der Waals surface area contributed by atoms with Crippen molar-refractivity contribution in [2.24, 2.45) is 0 Å². The lowest BCUT2D eigenvalue weighted by atomic mass is 10.1. The smallest absolute Gasteiger partial charge is 0.225 e. The first kappa shape index (κ1) is 18.4. The van der Waals surface area contributed by atoms with Gasteiger partial charge in [0.25, 0.3) is 0 Å². The number of nitrogens with zero attached hydrogens (tertiary/aromatic N) is 3. The average Bonchev–Trinajstić information content (AvgIpc) is 2.57. The van der Waals surface area contributed by atoms with Crippen LogP contribution in [0.1, 0.15) is 20.8 Å². The van der Waals surface area contributed by atoms with Gasteiger partial charge in [0.1, 0.15) is 5.82 Å². The second kappa shape index (κ2) is 7.48. The van der Waals surface area contributed by atoms with Gasteiger partial charge in [0, 0.05) is 34.6 Å². The fourth-order valence-electron chi connectivity index (χ4n) is 2.30. The van der Waals surface area contributed by atoms with Gasteiger partial charge in [0.2, 0.25) is 5.95 Å². The molecular formula is C19H19Cl2N5. The summed E-state index contributed by atoms with van der Waals surface area (Å²) < 4.78 is 0. The highest BCUT2D eigenvalue weighted by Gasteiger charge is 2.14. The molecule has 0 aliphatic rings. The zero-order valence-corrected chi connectivity index (χ0v) is 16.2. The van der Waals surface area contributed by atoms with Crippen LogP contribution in [0.25, 0.3) is 11.3 Å². The summed E-state index contributed by atoms with van der Waals surface area (Å²) in [5.41, 5.74) is 2.22. The molecule has 5 nitrogen and oxygen atoms in total. The van der Waals surface area contributed by atoms with Crippen LogP contribution in [0.5, 0.6) is 0 Å². The number of anilines is 3. The van der Waals surface area contributed by atoms with Crippen LogP contribution in [0, 0.1) is 0 Å². The lowest BCUT2D eigenvalue weighted by molar-refractivity contribution is 0.626. The van der Waals surface area contributed by atoms with Crippen molar-refractivity contribution in [2.45, 2.75) is 26.3 Å².